The molecule has 0 bridgehead atoms. The van der Waals surface area contributed by atoms with Gasteiger partial charge in [0.05, 0.1) is 17.8 Å². The van der Waals surface area contributed by atoms with Crippen molar-refractivity contribution >= 4 is 41.3 Å². The molecular weight excluding hydrogens is 435 g/mol. The molecular formula is C17H25IN4OS. The highest BCUT2D eigenvalue weighted by Gasteiger charge is 2.05. The van der Waals surface area contributed by atoms with Crippen LogP contribution in [0.4, 0.5) is 0 Å². The number of ether oxygens (including phenoxy) is 1. The molecule has 0 saturated carbocycles. The first kappa shape index (κ1) is 20.7. The maximum atomic E-state index is 5.24. The van der Waals surface area contributed by atoms with Gasteiger partial charge < -0.3 is 15.4 Å². The number of benzene rings is 1. The highest BCUT2D eigenvalue weighted by molar-refractivity contribution is 14.0. The van der Waals surface area contributed by atoms with Crippen LogP contribution < -0.4 is 15.4 Å². The lowest BCUT2D eigenvalue weighted by atomic mass is 10.2. The van der Waals surface area contributed by atoms with Crippen LogP contribution >= 0.6 is 35.3 Å². The minimum absolute atomic E-state index is 0. The zero-order chi connectivity index (χ0) is 16.7. The van der Waals surface area contributed by atoms with Gasteiger partial charge in [0.1, 0.15) is 5.75 Å². The van der Waals surface area contributed by atoms with Crippen molar-refractivity contribution in [1.29, 1.82) is 0 Å². The summed E-state index contributed by atoms with van der Waals surface area (Å²) < 4.78 is 5.24. The Labute approximate surface area is 165 Å². The summed E-state index contributed by atoms with van der Waals surface area (Å²) in [4.78, 5) is 10.0. The van der Waals surface area contributed by atoms with E-state index in [0.29, 0.717) is 6.54 Å². The number of guanidine groups is 1. The van der Waals surface area contributed by atoms with Gasteiger partial charge in [-0.3, -0.25) is 4.99 Å². The number of hydrogen-bond donors (Lipinski definition) is 2. The number of aliphatic imine (C=N–C) groups is 1. The molecule has 0 aliphatic carbocycles. The van der Waals surface area contributed by atoms with Crippen LogP contribution in [0.3, 0.4) is 0 Å². The molecule has 1 aromatic carbocycles. The third kappa shape index (κ3) is 6.27. The van der Waals surface area contributed by atoms with Crippen LogP contribution in [0.1, 0.15) is 21.1 Å². The number of aromatic nitrogens is 1. The van der Waals surface area contributed by atoms with Crippen molar-refractivity contribution in [2.45, 2.75) is 26.8 Å². The number of halogens is 1. The van der Waals surface area contributed by atoms with E-state index in [1.54, 1.807) is 25.5 Å². The van der Waals surface area contributed by atoms with Crippen molar-refractivity contribution in [3.8, 4) is 5.75 Å². The van der Waals surface area contributed by atoms with Crippen molar-refractivity contribution in [1.82, 2.24) is 15.6 Å². The fraction of sp³-hybridized carbons (Fsp3) is 0.412. The number of rotatable bonds is 6. The molecule has 0 aliphatic heterocycles. The van der Waals surface area contributed by atoms with Crippen LogP contribution in [0.25, 0.3) is 0 Å². The van der Waals surface area contributed by atoms with Gasteiger partial charge in [0.15, 0.2) is 5.96 Å². The molecule has 0 atom stereocenters. The number of nitrogens with zero attached hydrogens (tertiary/aromatic N) is 2. The van der Waals surface area contributed by atoms with Crippen molar-refractivity contribution in [2.75, 3.05) is 20.7 Å². The zero-order valence-corrected chi connectivity index (χ0v) is 17.7. The van der Waals surface area contributed by atoms with Gasteiger partial charge in [-0.05, 0) is 31.5 Å². The highest BCUT2D eigenvalue weighted by Crippen LogP contribution is 2.17. The summed E-state index contributed by atoms with van der Waals surface area (Å²) in [6, 6.07) is 8.01. The van der Waals surface area contributed by atoms with E-state index >= 15 is 0 Å². The Hall–Kier alpha value is -1.35. The van der Waals surface area contributed by atoms with Crippen LogP contribution in [-0.4, -0.2) is 31.6 Å². The van der Waals surface area contributed by atoms with E-state index in [2.05, 4.69) is 33.6 Å². The molecule has 5 nitrogen and oxygen atoms in total. The van der Waals surface area contributed by atoms with E-state index in [1.165, 1.54) is 4.88 Å². The number of aryl methyl sites for hydroxylation is 2. The monoisotopic (exact) mass is 460 g/mol. The Bertz CT molecular complexity index is 672. The number of hydrogen-bond acceptors (Lipinski definition) is 4. The number of nitrogens with one attached hydrogen (secondary N) is 2. The second-order valence-corrected chi connectivity index (χ2v) is 6.48. The molecule has 1 aromatic heterocycles. The quantitative estimate of drug-likeness (QED) is 0.395. The first-order valence-electron chi connectivity index (χ1n) is 7.62. The van der Waals surface area contributed by atoms with Crippen molar-refractivity contribution < 1.29 is 4.74 Å². The van der Waals surface area contributed by atoms with E-state index in [-0.39, 0.29) is 24.0 Å². The van der Waals surface area contributed by atoms with Crippen LogP contribution in [0.2, 0.25) is 0 Å². The van der Waals surface area contributed by atoms with Crippen molar-refractivity contribution in [3.63, 3.8) is 0 Å². The lowest BCUT2D eigenvalue weighted by Crippen LogP contribution is -2.37. The molecule has 0 unspecified atom stereocenters. The van der Waals surface area contributed by atoms with E-state index in [1.807, 2.05) is 25.1 Å². The SMILES string of the molecule is CN=C(NCCc1sc(C)nc1C)NCc1cccc(OC)c1.I. The average molecular weight is 460 g/mol. The molecule has 7 heteroatoms. The van der Waals surface area contributed by atoms with Gasteiger partial charge in [-0.15, -0.1) is 35.3 Å². The Kier molecular flexibility index (Phi) is 9.05. The molecule has 2 N–H and O–H groups in total. The summed E-state index contributed by atoms with van der Waals surface area (Å²) in [6.07, 6.45) is 0.956. The van der Waals surface area contributed by atoms with E-state index in [4.69, 9.17) is 4.74 Å². The highest BCUT2D eigenvalue weighted by atomic mass is 127. The topological polar surface area (TPSA) is 58.5 Å². The second kappa shape index (κ2) is 10.5. The summed E-state index contributed by atoms with van der Waals surface area (Å²) >= 11 is 1.76. The standard InChI is InChI=1S/C17H24N4OS.HI/c1-12-16(23-13(2)21-12)8-9-19-17(18-3)20-11-14-6-5-7-15(10-14)22-4;/h5-7,10H,8-9,11H2,1-4H3,(H2,18,19,20);1H. The molecule has 0 saturated heterocycles. The van der Waals surface area contributed by atoms with Gasteiger partial charge in [-0.2, -0.15) is 0 Å². The van der Waals surface area contributed by atoms with Gasteiger partial charge in [0, 0.05) is 31.4 Å². The predicted molar refractivity (Wildman–Crippen MR) is 112 cm³/mol. The predicted octanol–water partition coefficient (Wildman–Crippen LogP) is 3.29. The van der Waals surface area contributed by atoms with Crippen LogP contribution in [-0.2, 0) is 13.0 Å². The van der Waals surface area contributed by atoms with Crippen LogP contribution in [0, 0.1) is 13.8 Å². The van der Waals surface area contributed by atoms with Crippen molar-refractivity contribution in [2.24, 2.45) is 4.99 Å². The number of methoxy groups -OCH3 is 1. The Balaban J connectivity index is 0.00000288. The second-order valence-electron chi connectivity index (χ2n) is 5.20. The van der Waals surface area contributed by atoms with Gasteiger partial charge in [-0.1, -0.05) is 12.1 Å². The molecule has 2 aromatic rings. The molecule has 0 amide bonds. The third-order valence-corrected chi connectivity index (χ3v) is 4.59. The molecule has 1 heterocycles. The molecule has 24 heavy (non-hydrogen) atoms. The Morgan fingerprint density at radius 3 is 2.71 bits per heavy atom. The fourth-order valence-electron chi connectivity index (χ4n) is 2.29. The lowest BCUT2D eigenvalue weighted by molar-refractivity contribution is 0.414. The van der Waals surface area contributed by atoms with Gasteiger partial charge in [-0.25, -0.2) is 4.98 Å². The maximum absolute atomic E-state index is 5.24. The minimum Gasteiger partial charge on any atom is -0.497 e. The third-order valence-electron chi connectivity index (χ3n) is 3.46. The summed E-state index contributed by atoms with van der Waals surface area (Å²) in [5, 5.41) is 7.78. The maximum Gasteiger partial charge on any atom is 0.191 e. The average Bonchev–Trinajstić information content (AvgIpc) is 2.88. The first-order valence-corrected chi connectivity index (χ1v) is 8.44. The zero-order valence-electron chi connectivity index (χ0n) is 14.5. The largest absolute Gasteiger partial charge is 0.497 e. The van der Waals surface area contributed by atoms with Crippen LogP contribution in [0.5, 0.6) is 5.75 Å². The Morgan fingerprint density at radius 2 is 2.08 bits per heavy atom. The minimum atomic E-state index is 0. The smallest absolute Gasteiger partial charge is 0.191 e. The lowest BCUT2D eigenvalue weighted by Gasteiger charge is -2.12. The van der Waals surface area contributed by atoms with Gasteiger partial charge in [0.25, 0.3) is 0 Å². The molecule has 132 valence electrons. The summed E-state index contributed by atoms with van der Waals surface area (Å²) in [7, 11) is 3.46. The normalized spacial score (nSPS) is 10.9. The van der Waals surface area contributed by atoms with Gasteiger partial charge >= 0.3 is 0 Å². The molecule has 2 rings (SSSR count). The van der Waals surface area contributed by atoms with Gasteiger partial charge in [0.2, 0.25) is 0 Å². The fourth-order valence-corrected chi connectivity index (χ4v) is 3.23. The first-order chi connectivity index (χ1) is 11.1. The van der Waals surface area contributed by atoms with E-state index < -0.39 is 0 Å². The Morgan fingerprint density at radius 1 is 1.29 bits per heavy atom. The summed E-state index contributed by atoms with van der Waals surface area (Å²) in [6.45, 7) is 5.65. The molecule has 0 fully saturated rings. The molecule has 0 spiro atoms. The molecule has 0 radical (unpaired) electrons. The summed E-state index contributed by atoms with van der Waals surface area (Å²) in [5.41, 5.74) is 2.29. The number of thiazole rings is 1. The molecule has 0 aliphatic rings. The van der Waals surface area contributed by atoms with E-state index in [0.717, 1.165) is 40.9 Å². The van der Waals surface area contributed by atoms with E-state index in [9.17, 15) is 0 Å². The summed E-state index contributed by atoms with van der Waals surface area (Å²) in [5.74, 6) is 1.66. The van der Waals surface area contributed by atoms with Crippen LogP contribution in [0.15, 0.2) is 29.3 Å². The van der Waals surface area contributed by atoms with Crippen molar-refractivity contribution in [3.05, 3.63) is 45.4 Å².